The number of hydrogen-bond acceptors (Lipinski definition) is 5. The normalized spacial score (nSPS) is 16.5. The number of nitrogens with zero attached hydrogens (tertiary/aromatic N) is 3. The number of thiophene rings is 1. The smallest absolute Gasteiger partial charge is 0.265 e. The summed E-state index contributed by atoms with van der Waals surface area (Å²) >= 11 is 1.45. The molecule has 1 unspecified atom stereocenters. The van der Waals surface area contributed by atoms with Crippen molar-refractivity contribution in [1.82, 2.24) is 9.88 Å². The van der Waals surface area contributed by atoms with Crippen LogP contribution in [0, 0.1) is 0 Å². The van der Waals surface area contributed by atoms with E-state index in [1.165, 1.54) is 23.4 Å². The van der Waals surface area contributed by atoms with Crippen LogP contribution < -0.4 is 10.2 Å². The zero-order valence-corrected chi connectivity index (χ0v) is 16.9. The summed E-state index contributed by atoms with van der Waals surface area (Å²) in [5.41, 5.74) is 2.90. The molecule has 3 heterocycles. The number of amides is 1. The first-order valence-electron chi connectivity index (χ1n) is 9.44. The van der Waals surface area contributed by atoms with Crippen LogP contribution in [0.15, 0.2) is 60.8 Å². The molecule has 6 heteroatoms. The van der Waals surface area contributed by atoms with Gasteiger partial charge in [-0.3, -0.25) is 9.78 Å². The van der Waals surface area contributed by atoms with Crippen molar-refractivity contribution < 1.29 is 4.79 Å². The molecule has 5 nitrogen and oxygen atoms in total. The number of carbonyl (C=O) groups excluding carboxylic acids is 1. The molecule has 0 aliphatic carbocycles. The van der Waals surface area contributed by atoms with Gasteiger partial charge >= 0.3 is 0 Å². The number of pyridine rings is 1. The van der Waals surface area contributed by atoms with Crippen molar-refractivity contribution in [2.75, 3.05) is 37.4 Å². The molecule has 1 saturated heterocycles. The third-order valence-corrected chi connectivity index (χ3v) is 6.24. The average molecular weight is 393 g/mol. The molecule has 144 valence electrons. The molecule has 1 fully saturated rings. The van der Waals surface area contributed by atoms with E-state index in [-0.39, 0.29) is 5.91 Å². The lowest BCUT2D eigenvalue weighted by Crippen LogP contribution is -2.31. The van der Waals surface area contributed by atoms with Gasteiger partial charge in [0.05, 0.1) is 15.4 Å². The highest BCUT2D eigenvalue weighted by Gasteiger charge is 2.24. The average Bonchev–Trinajstić information content (AvgIpc) is 3.39. The summed E-state index contributed by atoms with van der Waals surface area (Å²) in [6.07, 6.45) is 2.94. The maximum atomic E-state index is 12.6. The highest BCUT2D eigenvalue weighted by atomic mass is 32.1. The molecule has 0 spiro atoms. The van der Waals surface area contributed by atoms with Crippen LogP contribution in [-0.2, 0) is 0 Å². The Hall–Kier alpha value is -2.70. The fourth-order valence-electron chi connectivity index (χ4n) is 3.45. The van der Waals surface area contributed by atoms with Gasteiger partial charge < -0.3 is 15.1 Å². The summed E-state index contributed by atoms with van der Waals surface area (Å²) in [6.45, 7) is 2.12. The van der Waals surface area contributed by atoms with Gasteiger partial charge in [0.15, 0.2) is 0 Å². The Balaban J connectivity index is 1.39. The molecule has 2 aromatic heterocycles. The second-order valence-electron chi connectivity index (χ2n) is 7.23. The quantitative estimate of drug-likeness (QED) is 0.707. The molecular weight excluding hydrogens is 368 g/mol. The Bertz CT molecular complexity index is 937. The summed E-state index contributed by atoms with van der Waals surface area (Å²) in [7, 11) is 4.27. The molecule has 1 aromatic carbocycles. The fourth-order valence-corrected chi connectivity index (χ4v) is 4.33. The van der Waals surface area contributed by atoms with E-state index in [4.69, 9.17) is 0 Å². The first kappa shape index (κ1) is 18.7. The topological polar surface area (TPSA) is 48.5 Å². The van der Waals surface area contributed by atoms with Crippen LogP contribution in [0.3, 0.4) is 0 Å². The van der Waals surface area contributed by atoms with Gasteiger partial charge in [0.1, 0.15) is 0 Å². The molecule has 1 amide bonds. The molecule has 1 atom stereocenters. The molecule has 0 bridgehead atoms. The van der Waals surface area contributed by atoms with Crippen LogP contribution in [0.25, 0.3) is 10.6 Å². The van der Waals surface area contributed by atoms with Gasteiger partial charge in [-0.05, 0) is 69.0 Å². The van der Waals surface area contributed by atoms with E-state index in [1.807, 2.05) is 42.5 Å². The number of aromatic nitrogens is 1. The van der Waals surface area contributed by atoms with Crippen LogP contribution in [0.4, 0.5) is 11.4 Å². The molecule has 4 rings (SSSR count). The Kier molecular flexibility index (Phi) is 5.41. The predicted molar refractivity (Wildman–Crippen MR) is 116 cm³/mol. The highest BCUT2D eigenvalue weighted by Crippen LogP contribution is 2.28. The van der Waals surface area contributed by atoms with Crippen LogP contribution in [-0.4, -0.2) is 49.0 Å². The minimum atomic E-state index is -0.0891. The van der Waals surface area contributed by atoms with E-state index >= 15 is 0 Å². The SMILES string of the molecule is CN(C)C1CCN(c2ccc(NC(=O)c3ccc(-c4ccccn4)s3)cc2)C1. The van der Waals surface area contributed by atoms with Gasteiger partial charge in [0.2, 0.25) is 0 Å². The third-order valence-electron chi connectivity index (χ3n) is 5.13. The Labute approximate surface area is 169 Å². The van der Waals surface area contributed by atoms with Gasteiger partial charge in [0, 0.05) is 36.7 Å². The highest BCUT2D eigenvalue weighted by molar-refractivity contribution is 7.17. The summed E-state index contributed by atoms with van der Waals surface area (Å²) in [4.78, 5) is 23.3. The lowest BCUT2D eigenvalue weighted by molar-refractivity contribution is 0.103. The first-order valence-corrected chi connectivity index (χ1v) is 10.3. The van der Waals surface area contributed by atoms with Gasteiger partial charge in [-0.2, -0.15) is 0 Å². The molecule has 1 aliphatic heterocycles. The Morgan fingerprint density at radius 3 is 2.64 bits per heavy atom. The van der Waals surface area contributed by atoms with E-state index in [0.29, 0.717) is 10.9 Å². The van der Waals surface area contributed by atoms with E-state index in [2.05, 4.69) is 46.3 Å². The molecule has 28 heavy (non-hydrogen) atoms. The monoisotopic (exact) mass is 392 g/mol. The molecular formula is C22H24N4OS. The van der Waals surface area contributed by atoms with Gasteiger partial charge in [-0.15, -0.1) is 11.3 Å². The number of hydrogen-bond donors (Lipinski definition) is 1. The lowest BCUT2D eigenvalue weighted by atomic mass is 10.2. The van der Waals surface area contributed by atoms with Gasteiger partial charge in [-0.1, -0.05) is 6.07 Å². The number of anilines is 2. The van der Waals surface area contributed by atoms with Crippen LogP contribution >= 0.6 is 11.3 Å². The molecule has 1 N–H and O–H groups in total. The van der Waals surface area contributed by atoms with Crippen LogP contribution in [0.5, 0.6) is 0 Å². The zero-order chi connectivity index (χ0) is 19.5. The Morgan fingerprint density at radius 1 is 1.14 bits per heavy atom. The predicted octanol–water partition coefficient (Wildman–Crippen LogP) is 4.20. The Morgan fingerprint density at radius 2 is 1.96 bits per heavy atom. The molecule has 0 saturated carbocycles. The fraction of sp³-hybridized carbons (Fsp3) is 0.273. The van der Waals surface area contributed by atoms with Gasteiger partial charge in [-0.25, -0.2) is 0 Å². The summed E-state index contributed by atoms with van der Waals surface area (Å²) < 4.78 is 0. The molecule has 3 aromatic rings. The number of likely N-dealkylation sites (N-methyl/N-ethyl adjacent to an activating group) is 1. The maximum absolute atomic E-state index is 12.6. The number of nitrogens with one attached hydrogen (secondary N) is 1. The molecule has 1 aliphatic rings. The van der Waals surface area contributed by atoms with Crippen LogP contribution in [0.1, 0.15) is 16.1 Å². The number of benzene rings is 1. The maximum Gasteiger partial charge on any atom is 0.265 e. The van der Waals surface area contributed by atoms with Crippen LogP contribution in [0.2, 0.25) is 0 Å². The third kappa shape index (κ3) is 4.08. The standard InChI is InChI=1S/C22H24N4OS/c1-25(2)18-12-14-26(15-18)17-8-6-16(7-9-17)24-22(27)21-11-10-20(28-21)19-5-3-4-13-23-19/h3-11,13,18H,12,14-15H2,1-2H3,(H,24,27). The minimum Gasteiger partial charge on any atom is -0.370 e. The van der Waals surface area contributed by atoms with E-state index in [1.54, 1.807) is 6.20 Å². The van der Waals surface area contributed by atoms with Crippen molar-refractivity contribution >= 4 is 28.6 Å². The number of rotatable bonds is 5. The minimum absolute atomic E-state index is 0.0891. The second kappa shape index (κ2) is 8.12. The van der Waals surface area contributed by atoms with Gasteiger partial charge in [0.25, 0.3) is 5.91 Å². The summed E-state index contributed by atoms with van der Waals surface area (Å²) in [6, 6.07) is 18.3. The van der Waals surface area contributed by atoms with E-state index in [0.717, 1.165) is 29.3 Å². The van der Waals surface area contributed by atoms with Crippen molar-refractivity contribution in [1.29, 1.82) is 0 Å². The van der Waals surface area contributed by atoms with Crippen molar-refractivity contribution in [3.8, 4) is 10.6 Å². The van der Waals surface area contributed by atoms with Crippen molar-refractivity contribution in [3.05, 3.63) is 65.7 Å². The summed E-state index contributed by atoms with van der Waals surface area (Å²) in [5, 5.41) is 2.99. The lowest BCUT2D eigenvalue weighted by Gasteiger charge is -2.22. The van der Waals surface area contributed by atoms with Crippen molar-refractivity contribution in [2.24, 2.45) is 0 Å². The van der Waals surface area contributed by atoms with Crippen molar-refractivity contribution in [2.45, 2.75) is 12.5 Å². The first-order chi connectivity index (χ1) is 13.6. The molecule has 0 radical (unpaired) electrons. The number of carbonyl (C=O) groups is 1. The zero-order valence-electron chi connectivity index (χ0n) is 16.1. The van der Waals surface area contributed by atoms with Crippen molar-refractivity contribution in [3.63, 3.8) is 0 Å². The van der Waals surface area contributed by atoms with E-state index in [9.17, 15) is 4.79 Å². The summed E-state index contributed by atoms with van der Waals surface area (Å²) in [5.74, 6) is -0.0891. The largest absolute Gasteiger partial charge is 0.370 e. The second-order valence-corrected chi connectivity index (χ2v) is 8.32. The van der Waals surface area contributed by atoms with E-state index < -0.39 is 0 Å².